The number of benzene rings is 5. The minimum Gasteiger partial charge on any atom is -0.508 e. The van der Waals surface area contributed by atoms with E-state index in [1.165, 1.54) is 18.2 Å². The number of nitrogens with zero attached hydrogens (tertiary/aromatic N) is 4. The molecule has 0 saturated heterocycles. The van der Waals surface area contributed by atoms with Crippen molar-refractivity contribution >= 4 is 52.3 Å². The minimum atomic E-state index is -0.459. The molecule has 4 amide bonds. The summed E-state index contributed by atoms with van der Waals surface area (Å²) in [6.07, 6.45) is 2.46. The number of hydrogen-bond acceptors (Lipinski definition) is 17. The van der Waals surface area contributed by atoms with Crippen LogP contribution in [0.1, 0.15) is 65.7 Å². The molecule has 0 saturated carbocycles. The molecule has 0 aliphatic carbocycles. The summed E-state index contributed by atoms with van der Waals surface area (Å²) in [6.45, 7) is 8.83. The molecule has 22 heteroatoms. The van der Waals surface area contributed by atoms with Crippen molar-refractivity contribution in [1.29, 1.82) is 0 Å². The van der Waals surface area contributed by atoms with E-state index >= 15 is 0 Å². The van der Waals surface area contributed by atoms with Crippen LogP contribution in [-0.2, 0) is 6.54 Å². The predicted octanol–water partition coefficient (Wildman–Crippen LogP) is 11.8. The first-order valence-electron chi connectivity index (χ1n) is 24.6. The van der Waals surface area contributed by atoms with Crippen LogP contribution >= 0.6 is 22.9 Å². The topological polar surface area (TPSA) is 290 Å². The van der Waals surface area contributed by atoms with E-state index in [0.29, 0.717) is 53.4 Å². The molecule has 5 heterocycles. The number of rotatable bonds is 16. The molecule has 414 valence electrons. The molecule has 0 unspecified atom stereocenters. The molecule has 5 aromatic carbocycles. The average molecular weight is 1130 g/mol. The average Bonchev–Trinajstić information content (AvgIpc) is 4.38. The maximum Gasteiger partial charge on any atom is 0.277 e. The van der Waals surface area contributed by atoms with Gasteiger partial charge in [0.15, 0.2) is 45.8 Å². The number of methoxy groups -OCH3 is 1. The van der Waals surface area contributed by atoms with Crippen LogP contribution in [0.5, 0.6) is 23.0 Å². The number of nitrogens with one attached hydrogen (secondary N) is 4. The van der Waals surface area contributed by atoms with Gasteiger partial charge in [-0.2, -0.15) is 0 Å². The van der Waals surface area contributed by atoms with Gasteiger partial charge in [-0.25, -0.2) is 0 Å². The van der Waals surface area contributed by atoms with E-state index < -0.39 is 5.91 Å². The maximum absolute atomic E-state index is 12.3. The number of aromatic hydroxyl groups is 3. The molecular formula is C59H53ClN8O12S. The highest BCUT2D eigenvalue weighted by Gasteiger charge is 2.18. The molecule has 0 atom stereocenters. The highest BCUT2D eigenvalue weighted by atomic mass is 35.5. The van der Waals surface area contributed by atoms with Crippen LogP contribution in [0.2, 0.25) is 5.02 Å². The number of carbonyl (C=O) groups is 4. The zero-order valence-corrected chi connectivity index (χ0v) is 45.3. The summed E-state index contributed by atoms with van der Waals surface area (Å²) in [7, 11) is 1.59. The van der Waals surface area contributed by atoms with Gasteiger partial charge in [0.25, 0.3) is 23.6 Å². The van der Waals surface area contributed by atoms with Crippen molar-refractivity contribution in [1.82, 2.24) is 36.6 Å². The second-order valence-electron chi connectivity index (χ2n) is 17.1. The Balaban J connectivity index is 0.000000157. The zero-order chi connectivity index (χ0) is 57.7. The van der Waals surface area contributed by atoms with Gasteiger partial charge in [-0.3, -0.25) is 19.2 Å². The summed E-state index contributed by atoms with van der Waals surface area (Å²) in [6, 6.07) is 42.4. The molecule has 0 aliphatic rings. The Bertz CT molecular complexity index is 3650. The Hall–Kier alpha value is -10.3. The van der Waals surface area contributed by atoms with Crippen molar-refractivity contribution in [3.8, 4) is 68.3 Å². The van der Waals surface area contributed by atoms with Crippen LogP contribution in [0.3, 0.4) is 0 Å². The zero-order valence-electron chi connectivity index (χ0n) is 43.7. The van der Waals surface area contributed by atoms with Crippen molar-refractivity contribution in [2.75, 3.05) is 25.5 Å². The number of ether oxygens (including phenoxy) is 1. The van der Waals surface area contributed by atoms with E-state index in [9.17, 15) is 34.5 Å². The number of halogens is 1. The summed E-state index contributed by atoms with van der Waals surface area (Å²) >= 11 is 7.38. The quantitative estimate of drug-likeness (QED) is 0.0349. The standard InChI is InChI=1S/C18H16N2O4.C15H12N2O3S.C13H13ClN2O2.C13H12N2O3/c1-11-3-8-16(21)14(9-11)19-18(22)15-10-17(24-20-15)12-4-6-13(23-2)7-5-12;18-11-5-3-10(4-6-11)14-8-13(17-20-14)15(19)16-9-12-2-1-7-21-12;1-2-7-15-13(17)11-8-12(18-16-11)9-3-5-10(14)6-4-9;1-2-7-14-13(17)11-8-12(18-15-11)9-3-5-10(16)6-4-9/h3-10,21H,1-2H3,(H,19,22);1-8,18H,9H2,(H,16,19);3-6,8H,2,7H2,1H3,(H,15,17);2-6,8,16H,1,7H2,(H,14,17). The van der Waals surface area contributed by atoms with Gasteiger partial charge < -0.3 is 59.4 Å². The molecule has 0 spiro atoms. The van der Waals surface area contributed by atoms with Crippen LogP contribution in [-0.4, -0.2) is 79.8 Å². The number of thiophene rings is 1. The molecule has 20 nitrogen and oxygen atoms in total. The van der Waals surface area contributed by atoms with E-state index in [1.807, 2.05) is 55.6 Å². The summed E-state index contributed by atoms with van der Waals surface area (Å²) in [4.78, 5) is 48.5. The summed E-state index contributed by atoms with van der Waals surface area (Å²) < 4.78 is 25.7. The first-order valence-corrected chi connectivity index (χ1v) is 25.9. The SMILES string of the molecule is C=CCNC(=O)c1cc(-c2ccc(O)cc2)on1.CCCNC(=O)c1cc(-c2ccc(Cl)cc2)on1.COc1ccc(-c2cc(C(=O)Nc3cc(C)ccc3O)no2)cc1.O=C(NCc1cccs1)c1cc(-c2ccc(O)cc2)on1. The minimum absolute atomic E-state index is 0.00665. The smallest absolute Gasteiger partial charge is 0.277 e. The molecule has 0 aliphatic heterocycles. The highest BCUT2D eigenvalue weighted by molar-refractivity contribution is 7.09. The Morgan fingerprint density at radius 3 is 1.48 bits per heavy atom. The normalized spacial score (nSPS) is 10.3. The van der Waals surface area contributed by atoms with Gasteiger partial charge in [0, 0.05) is 69.5 Å². The lowest BCUT2D eigenvalue weighted by atomic mass is 10.1. The monoisotopic (exact) mass is 1130 g/mol. The number of phenols is 3. The van der Waals surface area contributed by atoms with Gasteiger partial charge in [0.2, 0.25) is 0 Å². The first-order chi connectivity index (χ1) is 39.2. The molecule has 7 N–H and O–H groups in total. The lowest BCUT2D eigenvalue weighted by Gasteiger charge is -2.06. The van der Waals surface area contributed by atoms with Gasteiger partial charge in [-0.05, 0) is 140 Å². The van der Waals surface area contributed by atoms with Crippen molar-refractivity contribution in [2.24, 2.45) is 0 Å². The molecular weight excluding hydrogens is 1080 g/mol. The number of aromatic nitrogens is 4. The molecule has 5 aromatic heterocycles. The van der Waals surface area contributed by atoms with Crippen molar-refractivity contribution in [2.45, 2.75) is 26.8 Å². The number of carbonyl (C=O) groups excluding carboxylic acids is 4. The van der Waals surface area contributed by atoms with Gasteiger partial charge in [-0.15, -0.1) is 17.9 Å². The molecule has 0 radical (unpaired) electrons. The van der Waals surface area contributed by atoms with E-state index in [4.69, 9.17) is 34.4 Å². The fraction of sp³-hybridized carbons (Fsp3) is 0.119. The Morgan fingerprint density at radius 1 is 0.593 bits per heavy atom. The second-order valence-corrected chi connectivity index (χ2v) is 18.6. The van der Waals surface area contributed by atoms with Crippen molar-refractivity contribution in [3.63, 3.8) is 0 Å². The van der Waals surface area contributed by atoms with Crippen LogP contribution in [0.4, 0.5) is 5.69 Å². The Morgan fingerprint density at radius 2 is 1.04 bits per heavy atom. The number of hydrogen-bond donors (Lipinski definition) is 7. The van der Waals surface area contributed by atoms with Gasteiger partial charge in [0.05, 0.1) is 19.3 Å². The molecule has 81 heavy (non-hydrogen) atoms. The number of anilines is 1. The lowest BCUT2D eigenvalue weighted by molar-refractivity contribution is 0.0935. The first kappa shape index (κ1) is 58.4. The van der Waals surface area contributed by atoms with Crippen LogP contribution in [0, 0.1) is 6.92 Å². The molecule has 0 bridgehead atoms. The summed E-state index contributed by atoms with van der Waals surface area (Å²) in [5.41, 5.74) is 5.20. The fourth-order valence-corrected chi connectivity index (χ4v) is 7.66. The number of aryl methyl sites for hydroxylation is 1. The maximum atomic E-state index is 12.3. The second kappa shape index (κ2) is 28.9. The molecule has 10 rings (SSSR count). The van der Waals surface area contributed by atoms with E-state index in [1.54, 1.807) is 122 Å². The fourth-order valence-electron chi connectivity index (χ4n) is 6.89. The predicted molar refractivity (Wildman–Crippen MR) is 304 cm³/mol. The number of amides is 4. The van der Waals surface area contributed by atoms with Crippen molar-refractivity contribution in [3.05, 3.63) is 208 Å². The Kier molecular flexibility index (Phi) is 20.9. The van der Waals surface area contributed by atoms with Gasteiger partial charge in [0.1, 0.15) is 23.0 Å². The third-order valence-electron chi connectivity index (χ3n) is 11.1. The van der Waals surface area contributed by atoms with E-state index in [2.05, 4.69) is 48.5 Å². The third-order valence-corrected chi connectivity index (χ3v) is 12.3. The van der Waals surface area contributed by atoms with Crippen LogP contribution in [0.15, 0.2) is 188 Å². The largest absolute Gasteiger partial charge is 0.508 e. The van der Waals surface area contributed by atoms with Gasteiger partial charge >= 0.3 is 0 Å². The highest BCUT2D eigenvalue weighted by Crippen LogP contribution is 2.28. The molecule has 0 fully saturated rings. The Labute approximate surface area is 472 Å². The van der Waals surface area contributed by atoms with Crippen molar-refractivity contribution < 1.29 is 57.3 Å². The summed E-state index contributed by atoms with van der Waals surface area (Å²) in [5, 5.41) is 56.6. The molecule has 10 aromatic rings. The van der Waals surface area contributed by atoms with E-state index in [0.717, 1.165) is 44.9 Å². The van der Waals surface area contributed by atoms with Crippen LogP contribution in [0.25, 0.3) is 45.3 Å². The number of phenolic OH excluding ortho intramolecular Hbond substituents is 3. The van der Waals surface area contributed by atoms with Crippen LogP contribution < -0.4 is 26.0 Å². The third kappa shape index (κ3) is 17.1. The summed E-state index contributed by atoms with van der Waals surface area (Å²) in [5.74, 6) is 1.76. The lowest BCUT2D eigenvalue weighted by Crippen LogP contribution is -2.24. The van der Waals surface area contributed by atoms with Gasteiger partial charge in [-0.1, -0.05) is 57.4 Å². The van der Waals surface area contributed by atoms with E-state index in [-0.39, 0.29) is 57.7 Å².